The van der Waals surface area contributed by atoms with E-state index in [4.69, 9.17) is 0 Å². The second-order valence-electron chi connectivity index (χ2n) is 7.63. The van der Waals surface area contributed by atoms with Crippen molar-refractivity contribution in [1.29, 1.82) is 0 Å². The second-order valence-corrected chi connectivity index (χ2v) is 9.57. The molecule has 0 atom stereocenters. The molecule has 1 fully saturated rings. The Kier molecular flexibility index (Phi) is 4.84. The van der Waals surface area contributed by atoms with Gasteiger partial charge in [0.05, 0.1) is 6.20 Å². The topological polar surface area (TPSA) is 96.8 Å². The van der Waals surface area contributed by atoms with Gasteiger partial charge in [-0.3, -0.25) is 4.98 Å². The van der Waals surface area contributed by atoms with Gasteiger partial charge in [0, 0.05) is 54.7 Å². The van der Waals surface area contributed by atoms with Crippen LogP contribution < -0.4 is 0 Å². The molecule has 1 saturated heterocycles. The van der Waals surface area contributed by atoms with E-state index in [0.29, 0.717) is 19.0 Å². The normalized spacial score (nSPS) is 16.3. The third-order valence-corrected chi connectivity index (χ3v) is 7.66. The van der Waals surface area contributed by atoms with Crippen molar-refractivity contribution in [2.24, 2.45) is 5.92 Å². The number of aromatic nitrogens is 5. The number of benzene rings is 1. The van der Waals surface area contributed by atoms with Gasteiger partial charge in [-0.15, -0.1) is 0 Å². The molecule has 30 heavy (non-hydrogen) atoms. The molecule has 0 bridgehead atoms. The number of aromatic amines is 1. The van der Waals surface area contributed by atoms with Gasteiger partial charge in [-0.2, -0.15) is 19.7 Å². The minimum Gasteiger partial charge on any atom is -0.347 e. The average molecular weight is 423 g/mol. The first-order valence-corrected chi connectivity index (χ1v) is 11.4. The van der Waals surface area contributed by atoms with Gasteiger partial charge in [-0.25, -0.2) is 8.42 Å². The minimum atomic E-state index is -3.46. The van der Waals surface area contributed by atoms with Gasteiger partial charge in [-0.1, -0.05) is 6.07 Å². The van der Waals surface area contributed by atoms with Crippen molar-refractivity contribution in [3.8, 4) is 11.3 Å². The van der Waals surface area contributed by atoms with Crippen molar-refractivity contribution in [2.45, 2.75) is 24.3 Å². The Hall–Kier alpha value is -3.04. The smallest absolute Gasteiger partial charge is 0.244 e. The fourth-order valence-corrected chi connectivity index (χ4v) is 5.55. The van der Waals surface area contributed by atoms with Crippen LogP contribution in [0.3, 0.4) is 0 Å². The van der Waals surface area contributed by atoms with Gasteiger partial charge >= 0.3 is 0 Å². The van der Waals surface area contributed by atoms with Crippen LogP contribution in [0.25, 0.3) is 22.2 Å². The van der Waals surface area contributed by atoms with Crippen molar-refractivity contribution in [3.05, 3.63) is 61.2 Å². The van der Waals surface area contributed by atoms with Crippen molar-refractivity contribution in [1.82, 2.24) is 29.3 Å². The molecule has 1 aliphatic rings. The Bertz CT molecular complexity index is 1240. The summed E-state index contributed by atoms with van der Waals surface area (Å²) in [7, 11) is -3.46. The molecule has 0 amide bonds. The van der Waals surface area contributed by atoms with Crippen molar-refractivity contribution in [2.75, 3.05) is 13.1 Å². The summed E-state index contributed by atoms with van der Waals surface area (Å²) in [4.78, 5) is 4.21. The summed E-state index contributed by atoms with van der Waals surface area (Å²) in [5.74, 6) is 0.441. The number of piperidine rings is 1. The lowest BCUT2D eigenvalue weighted by atomic mass is 9.98. The van der Waals surface area contributed by atoms with E-state index in [2.05, 4.69) is 55.4 Å². The van der Waals surface area contributed by atoms with Crippen LogP contribution >= 0.6 is 0 Å². The highest BCUT2D eigenvalue weighted by Crippen LogP contribution is 2.28. The van der Waals surface area contributed by atoms with E-state index in [9.17, 15) is 8.42 Å². The predicted octanol–water partition coefficient (Wildman–Crippen LogP) is 2.92. The fraction of sp³-hybridized carbons (Fsp3) is 0.286. The number of pyridine rings is 1. The summed E-state index contributed by atoms with van der Waals surface area (Å²) in [6.07, 6.45) is 8.51. The van der Waals surface area contributed by atoms with Crippen LogP contribution in [0.2, 0.25) is 0 Å². The van der Waals surface area contributed by atoms with E-state index in [-0.39, 0.29) is 4.90 Å². The van der Waals surface area contributed by atoms with Gasteiger partial charge in [-0.05, 0) is 49.1 Å². The zero-order valence-corrected chi connectivity index (χ0v) is 17.2. The standard InChI is InChI=1S/C21H22N6O2S/c28-30(29,19-2-1-8-22-13-19)27-10-5-16(6-11-27)15-26-9-7-18-12-17(3-4-21(18)26)20-14-23-25-24-20/h1-4,7-9,12-14,16H,5-6,10-11,15H2,(H,23,24,25). The number of rotatable bonds is 5. The Balaban J connectivity index is 1.27. The highest BCUT2D eigenvalue weighted by molar-refractivity contribution is 7.89. The molecule has 0 saturated carbocycles. The Morgan fingerprint density at radius 1 is 1.10 bits per heavy atom. The number of sulfonamides is 1. The Labute approximate surface area is 174 Å². The molecular weight excluding hydrogens is 400 g/mol. The zero-order chi connectivity index (χ0) is 20.6. The van der Waals surface area contributed by atoms with Crippen LogP contribution in [0.4, 0.5) is 0 Å². The molecule has 3 aromatic heterocycles. The number of hydrogen-bond donors (Lipinski definition) is 1. The van der Waals surface area contributed by atoms with E-state index < -0.39 is 10.0 Å². The van der Waals surface area contributed by atoms with E-state index in [1.807, 2.05) is 0 Å². The molecule has 0 radical (unpaired) electrons. The first-order chi connectivity index (χ1) is 14.6. The lowest BCUT2D eigenvalue weighted by molar-refractivity contribution is 0.254. The Morgan fingerprint density at radius 3 is 2.70 bits per heavy atom. The second kappa shape index (κ2) is 7.66. The molecule has 0 aliphatic carbocycles. The van der Waals surface area contributed by atoms with Gasteiger partial charge in [0.1, 0.15) is 10.6 Å². The Morgan fingerprint density at radius 2 is 1.97 bits per heavy atom. The summed E-state index contributed by atoms with van der Waals surface area (Å²) in [6.45, 7) is 1.96. The fourth-order valence-electron chi connectivity index (χ4n) is 4.12. The van der Waals surface area contributed by atoms with E-state index >= 15 is 0 Å². The molecule has 1 aliphatic heterocycles. The molecule has 0 unspecified atom stereocenters. The number of fused-ring (bicyclic) bond motifs is 1. The molecule has 1 aromatic carbocycles. The van der Waals surface area contributed by atoms with E-state index in [1.165, 1.54) is 11.7 Å². The summed E-state index contributed by atoms with van der Waals surface area (Å²) in [5, 5.41) is 11.8. The van der Waals surface area contributed by atoms with Gasteiger partial charge in [0.2, 0.25) is 10.0 Å². The lowest BCUT2D eigenvalue weighted by Gasteiger charge is -2.31. The van der Waals surface area contributed by atoms with Gasteiger partial charge in [0.15, 0.2) is 0 Å². The molecule has 9 heteroatoms. The van der Waals surface area contributed by atoms with Gasteiger partial charge in [0.25, 0.3) is 0 Å². The monoisotopic (exact) mass is 422 g/mol. The minimum absolute atomic E-state index is 0.266. The predicted molar refractivity (Wildman–Crippen MR) is 113 cm³/mol. The van der Waals surface area contributed by atoms with Crippen molar-refractivity contribution < 1.29 is 8.42 Å². The molecule has 4 heterocycles. The van der Waals surface area contributed by atoms with Crippen LogP contribution in [-0.2, 0) is 16.6 Å². The summed E-state index contributed by atoms with van der Waals surface area (Å²) in [6, 6.07) is 11.7. The molecular formula is C21H22N6O2S. The molecule has 8 nitrogen and oxygen atoms in total. The summed E-state index contributed by atoms with van der Waals surface area (Å²) < 4.78 is 29.4. The molecule has 5 rings (SSSR count). The maximum atomic E-state index is 12.8. The maximum Gasteiger partial charge on any atom is 0.244 e. The number of nitrogens with one attached hydrogen (secondary N) is 1. The maximum absolute atomic E-state index is 12.8. The third kappa shape index (κ3) is 3.50. The van der Waals surface area contributed by atoms with Crippen molar-refractivity contribution >= 4 is 20.9 Å². The number of hydrogen-bond acceptors (Lipinski definition) is 5. The van der Waals surface area contributed by atoms with Crippen LogP contribution in [0.5, 0.6) is 0 Å². The molecule has 4 aromatic rings. The lowest BCUT2D eigenvalue weighted by Crippen LogP contribution is -2.39. The first kappa shape index (κ1) is 19.0. The van der Waals surface area contributed by atoms with E-state index in [1.54, 1.807) is 28.8 Å². The molecule has 1 N–H and O–H groups in total. The first-order valence-electron chi connectivity index (χ1n) is 9.96. The average Bonchev–Trinajstić information content (AvgIpc) is 3.45. The quantitative estimate of drug-likeness (QED) is 0.533. The highest BCUT2D eigenvalue weighted by Gasteiger charge is 2.29. The largest absolute Gasteiger partial charge is 0.347 e. The van der Waals surface area contributed by atoms with E-state index in [0.717, 1.165) is 36.0 Å². The molecule has 154 valence electrons. The molecule has 0 spiro atoms. The van der Waals surface area contributed by atoms with Crippen molar-refractivity contribution in [3.63, 3.8) is 0 Å². The van der Waals surface area contributed by atoms with Crippen LogP contribution in [-0.4, -0.2) is 50.8 Å². The zero-order valence-electron chi connectivity index (χ0n) is 16.3. The summed E-state index contributed by atoms with van der Waals surface area (Å²) in [5.41, 5.74) is 3.03. The van der Waals surface area contributed by atoms with Gasteiger partial charge < -0.3 is 4.57 Å². The third-order valence-electron chi connectivity index (χ3n) is 5.78. The summed E-state index contributed by atoms with van der Waals surface area (Å²) >= 11 is 0. The van der Waals surface area contributed by atoms with Crippen LogP contribution in [0.1, 0.15) is 12.8 Å². The SMILES string of the molecule is O=S(=O)(c1cccnc1)N1CCC(Cn2ccc3cc(-c4cn[nH]n4)ccc32)CC1. The van der Waals surface area contributed by atoms with Crippen LogP contribution in [0.15, 0.2) is 66.1 Å². The number of H-pyrrole nitrogens is 1. The highest BCUT2D eigenvalue weighted by atomic mass is 32.2. The van der Waals surface area contributed by atoms with Crippen LogP contribution in [0, 0.1) is 5.92 Å². The number of nitrogens with zero attached hydrogens (tertiary/aromatic N) is 5.